The first kappa shape index (κ1) is 19.7. The van der Waals surface area contributed by atoms with Gasteiger partial charge in [-0.05, 0) is 37.8 Å². The first-order chi connectivity index (χ1) is 13.7. The van der Waals surface area contributed by atoms with E-state index in [0.29, 0.717) is 24.7 Å². The first-order valence-electron chi connectivity index (χ1n) is 10.3. The van der Waals surface area contributed by atoms with Gasteiger partial charge in [-0.2, -0.15) is 0 Å². The van der Waals surface area contributed by atoms with E-state index in [2.05, 4.69) is 16.0 Å². The minimum absolute atomic E-state index is 0.0964. The van der Waals surface area contributed by atoms with E-state index in [0.717, 1.165) is 53.3 Å². The van der Waals surface area contributed by atoms with E-state index in [-0.39, 0.29) is 11.8 Å². The predicted octanol–water partition coefficient (Wildman–Crippen LogP) is 4.03. The van der Waals surface area contributed by atoms with Gasteiger partial charge in [0.2, 0.25) is 11.8 Å². The van der Waals surface area contributed by atoms with Gasteiger partial charge in [0, 0.05) is 32.1 Å². The van der Waals surface area contributed by atoms with Crippen LogP contribution in [-0.4, -0.2) is 58.5 Å². The molecule has 2 aromatic rings. The number of piperidine rings is 1. The number of benzene rings is 1. The predicted molar refractivity (Wildman–Crippen MR) is 115 cm³/mol. The molecule has 0 unspecified atom stereocenters. The smallest absolute Gasteiger partial charge is 0.233 e. The SMILES string of the molecule is O=C(CSc1nc2ccccc2s1)N1CCC(C(=O)N2CCCCCC2)CC1. The zero-order valence-electron chi connectivity index (χ0n) is 16.1. The average Bonchev–Trinajstić information content (AvgIpc) is 2.95. The molecule has 1 aromatic heterocycles. The number of aromatic nitrogens is 1. The van der Waals surface area contributed by atoms with Crippen LogP contribution in [0.25, 0.3) is 10.2 Å². The van der Waals surface area contributed by atoms with Crippen LogP contribution in [-0.2, 0) is 9.59 Å². The van der Waals surface area contributed by atoms with Crippen LogP contribution in [0.4, 0.5) is 0 Å². The van der Waals surface area contributed by atoms with Crippen molar-refractivity contribution in [3.63, 3.8) is 0 Å². The molecule has 0 atom stereocenters. The lowest BCUT2D eigenvalue weighted by Gasteiger charge is -2.34. The second kappa shape index (κ2) is 9.27. The summed E-state index contributed by atoms with van der Waals surface area (Å²) in [7, 11) is 0. The van der Waals surface area contributed by atoms with E-state index in [1.54, 1.807) is 11.3 Å². The standard InChI is InChI=1S/C21H27N3O2S2/c25-19(15-27-21-22-17-7-3-4-8-18(17)28-21)23-13-9-16(10-14-23)20(26)24-11-5-1-2-6-12-24/h3-4,7-8,16H,1-2,5-6,9-15H2. The molecule has 0 bridgehead atoms. The summed E-state index contributed by atoms with van der Waals surface area (Å²) in [4.78, 5) is 34.0. The molecule has 0 N–H and O–H groups in total. The Morgan fingerprint density at radius 2 is 1.71 bits per heavy atom. The molecule has 4 rings (SSSR count). The number of carbonyl (C=O) groups excluding carboxylic acids is 2. The van der Waals surface area contributed by atoms with Crippen LogP contribution in [0.3, 0.4) is 0 Å². The van der Waals surface area contributed by atoms with Gasteiger partial charge in [0.05, 0.1) is 16.0 Å². The summed E-state index contributed by atoms with van der Waals surface area (Å²) in [6.45, 7) is 3.22. The summed E-state index contributed by atoms with van der Waals surface area (Å²) in [5, 5.41) is 0. The van der Waals surface area contributed by atoms with E-state index in [1.807, 2.05) is 23.1 Å². The minimum Gasteiger partial charge on any atom is -0.342 e. The number of amides is 2. The van der Waals surface area contributed by atoms with Crippen molar-refractivity contribution in [3.05, 3.63) is 24.3 Å². The lowest BCUT2D eigenvalue weighted by atomic mass is 9.95. The number of likely N-dealkylation sites (tertiary alicyclic amines) is 2. The van der Waals surface area contributed by atoms with Gasteiger partial charge in [0.1, 0.15) is 0 Å². The van der Waals surface area contributed by atoms with E-state index in [9.17, 15) is 9.59 Å². The van der Waals surface area contributed by atoms with Crippen LogP contribution >= 0.6 is 23.1 Å². The lowest BCUT2D eigenvalue weighted by molar-refractivity contribution is -0.139. The van der Waals surface area contributed by atoms with Crippen LogP contribution in [0.15, 0.2) is 28.6 Å². The Hall–Kier alpha value is -1.60. The molecular formula is C21H27N3O2S2. The molecule has 1 aromatic carbocycles. The number of carbonyl (C=O) groups is 2. The van der Waals surface area contributed by atoms with Gasteiger partial charge in [-0.1, -0.05) is 36.7 Å². The zero-order valence-corrected chi connectivity index (χ0v) is 17.8. The first-order valence-corrected chi connectivity index (χ1v) is 12.1. The Morgan fingerprint density at radius 3 is 2.43 bits per heavy atom. The highest BCUT2D eigenvalue weighted by atomic mass is 32.2. The van der Waals surface area contributed by atoms with Gasteiger partial charge in [-0.15, -0.1) is 11.3 Å². The van der Waals surface area contributed by atoms with E-state index in [4.69, 9.17) is 0 Å². The highest BCUT2D eigenvalue weighted by Gasteiger charge is 2.30. The maximum atomic E-state index is 12.8. The molecule has 0 spiro atoms. The summed E-state index contributed by atoms with van der Waals surface area (Å²) in [6, 6.07) is 8.06. The number of thiazole rings is 1. The number of hydrogen-bond donors (Lipinski definition) is 0. The Bertz CT molecular complexity index is 789. The number of fused-ring (bicyclic) bond motifs is 1. The fourth-order valence-corrected chi connectivity index (χ4v) is 6.02. The second-order valence-electron chi connectivity index (χ2n) is 7.63. The average molecular weight is 418 g/mol. The fourth-order valence-electron chi connectivity index (χ4n) is 4.05. The zero-order chi connectivity index (χ0) is 19.3. The van der Waals surface area contributed by atoms with Crippen molar-refractivity contribution in [2.45, 2.75) is 42.9 Å². The Morgan fingerprint density at radius 1 is 1.00 bits per heavy atom. The number of rotatable bonds is 4. The van der Waals surface area contributed by atoms with Gasteiger partial charge < -0.3 is 9.80 Å². The number of nitrogens with zero attached hydrogens (tertiary/aromatic N) is 3. The molecule has 2 amide bonds. The molecule has 2 fully saturated rings. The summed E-state index contributed by atoms with van der Waals surface area (Å²) in [5.74, 6) is 0.992. The molecule has 2 saturated heterocycles. The second-order valence-corrected chi connectivity index (χ2v) is 9.88. The molecule has 3 heterocycles. The van der Waals surface area contributed by atoms with Crippen molar-refractivity contribution in [3.8, 4) is 0 Å². The maximum absolute atomic E-state index is 12.8. The molecule has 150 valence electrons. The molecule has 5 nitrogen and oxygen atoms in total. The molecule has 2 aliphatic rings. The lowest BCUT2D eigenvalue weighted by Crippen LogP contribution is -2.45. The molecule has 0 saturated carbocycles. The number of thioether (sulfide) groups is 1. The third kappa shape index (κ3) is 4.69. The summed E-state index contributed by atoms with van der Waals surface area (Å²) < 4.78 is 2.10. The van der Waals surface area contributed by atoms with Gasteiger partial charge in [0.15, 0.2) is 4.34 Å². The van der Waals surface area contributed by atoms with Gasteiger partial charge in [-0.25, -0.2) is 4.98 Å². The molecule has 7 heteroatoms. The van der Waals surface area contributed by atoms with Crippen molar-refractivity contribution >= 4 is 45.1 Å². The van der Waals surface area contributed by atoms with Crippen molar-refractivity contribution in [1.29, 1.82) is 0 Å². The maximum Gasteiger partial charge on any atom is 0.233 e. The van der Waals surface area contributed by atoms with Gasteiger partial charge in [-0.3, -0.25) is 9.59 Å². The van der Waals surface area contributed by atoms with Crippen molar-refractivity contribution < 1.29 is 9.59 Å². The van der Waals surface area contributed by atoms with Crippen molar-refractivity contribution in [1.82, 2.24) is 14.8 Å². The molecule has 2 aliphatic heterocycles. The minimum atomic E-state index is 0.0964. The fraction of sp³-hybridized carbons (Fsp3) is 0.571. The third-order valence-electron chi connectivity index (χ3n) is 5.71. The van der Waals surface area contributed by atoms with Gasteiger partial charge in [0.25, 0.3) is 0 Å². The summed E-state index contributed by atoms with van der Waals surface area (Å²) in [6.07, 6.45) is 6.34. The van der Waals surface area contributed by atoms with Crippen LogP contribution in [0.2, 0.25) is 0 Å². The molecular weight excluding hydrogens is 390 g/mol. The van der Waals surface area contributed by atoms with E-state index in [1.165, 1.54) is 24.6 Å². The third-order valence-corrected chi connectivity index (χ3v) is 7.87. The van der Waals surface area contributed by atoms with E-state index >= 15 is 0 Å². The van der Waals surface area contributed by atoms with Crippen molar-refractivity contribution in [2.75, 3.05) is 31.9 Å². The topological polar surface area (TPSA) is 53.5 Å². The largest absolute Gasteiger partial charge is 0.342 e. The number of para-hydroxylation sites is 1. The van der Waals surface area contributed by atoms with Crippen LogP contribution in [0, 0.1) is 5.92 Å². The monoisotopic (exact) mass is 417 g/mol. The van der Waals surface area contributed by atoms with Crippen LogP contribution < -0.4 is 0 Å². The number of hydrogen-bond acceptors (Lipinski definition) is 5. The Kier molecular flexibility index (Phi) is 6.52. The highest BCUT2D eigenvalue weighted by molar-refractivity contribution is 8.01. The van der Waals surface area contributed by atoms with Gasteiger partial charge >= 0.3 is 0 Å². The van der Waals surface area contributed by atoms with E-state index < -0.39 is 0 Å². The Labute approximate surface area is 174 Å². The normalized spacial score (nSPS) is 19.0. The highest BCUT2D eigenvalue weighted by Crippen LogP contribution is 2.30. The van der Waals surface area contributed by atoms with Crippen molar-refractivity contribution in [2.24, 2.45) is 5.92 Å². The quantitative estimate of drug-likeness (QED) is 0.705. The molecule has 28 heavy (non-hydrogen) atoms. The van der Waals surface area contributed by atoms with Crippen LogP contribution in [0.1, 0.15) is 38.5 Å². The van der Waals surface area contributed by atoms with Crippen LogP contribution in [0.5, 0.6) is 0 Å². The summed E-state index contributed by atoms with van der Waals surface area (Å²) >= 11 is 3.16. The Balaban J connectivity index is 1.25. The summed E-state index contributed by atoms with van der Waals surface area (Å²) in [5.41, 5.74) is 0.996. The molecule has 0 aliphatic carbocycles. The molecule has 0 radical (unpaired) electrons.